The highest BCUT2D eigenvalue weighted by Gasteiger charge is 2.20. The third kappa shape index (κ3) is 4.47. The van der Waals surface area contributed by atoms with Crippen LogP contribution in [0.25, 0.3) is 22.8 Å². The quantitative estimate of drug-likeness (QED) is 0.443. The molecule has 4 rings (SSSR count). The molecule has 11 heteroatoms. The second-order valence-electron chi connectivity index (χ2n) is 6.54. The van der Waals surface area contributed by atoms with Gasteiger partial charge in [0.1, 0.15) is 6.61 Å². The highest BCUT2D eigenvalue weighted by Crippen LogP contribution is 2.26. The number of sulfonamides is 1. The number of benzene rings is 1. The molecular formula is C20H20N6O4S. The number of ether oxygens (including phenoxy) is 1. The average molecular weight is 440 g/mol. The van der Waals surface area contributed by atoms with Crippen molar-refractivity contribution < 1.29 is 17.7 Å². The topological polar surface area (TPSA) is 125 Å². The molecule has 0 aliphatic rings. The van der Waals surface area contributed by atoms with Crippen LogP contribution in [-0.2, 0) is 23.7 Å². The molecule has 0 amide bonds. The number of aromatic nitrogens is 5. The number of hydrogen-bond acceptors (Lipinski definition) is 8. The van der Waals surface area contributed by atoms with E-state index < -0.39 is 10.0 Å². The fourth-order valence-electron chi connectivity index (χ4n) is 2.91. The summed E-state index contributed by atoms with van der Waals surface area (Å²) in [5.74, 6) is 1.01. The molecule has 4 aromatic rings. The van der Waals surface area contributed by atoms with E-state index >= 15 is 0 Å². The Labute approximate surface area is 178 Å². The maximum absolute atomic E-state index is 12.3. The van der Waals surface area contributed by atoms with Crippen LogP contribution in [0.3, 0.4) is 0 Å². The van der Waals surface area contributed by atoms with Gasteiger partial charge < -0.3 is 9.26 Å². The van der Waals surface area contributed by atoms with Crippen molar-refractivity contribution in [3.8, 4) is 28.7 Å². The lowest BCUT2D eigenvalue weighted by molar-refractivity contribution is 0.283. The Morgan fingerprint density at radius 3 is 2.84 bits per heavy atom. The molecule has 3 heterocycles. The summed E-state index contributed by atoms with van der Waals surface area (Å²) in [6.07, 6.45) is 3.26. The summed E-state index contributed by atoms with van der Waals surface area (Å²) in [6.45, 7) is 2.22. The van der Waals surface area contributed by atoms with E-state index in [1.807, 2.05) is 6.07 Å². The summed E-state index contributed by atoms with van der Waals surface area (Å²) < 4.78 is 39.8. The molecule has 1 N–H and O–H groups in total. The summed E-state index contributed by atoms with van der Waals surface area (Å²) >= 11 is 0. The first-order valence-electron chi connectivity index (χ1n) is 9.47. The van der Waals surface area contributed by atoms with Crippen LogP contribution in [0.1, 0.15) is 12.6 Å². The van der Waals surface area contributed by atoms with Gasteiger partial charge in [-0.15, -0.1) is 0 Å². The number of hydrogen-bond donors (Lipinski definition) is 1. The van der Waals surface area contributed by atoms with E-state index in [1.54, 1.807) is 55.3 Å². The van der Waals surface area contributed by atoms with E-state index in [0.717, 1.165) is 5.69 Å². The third-order valence-electron chi connectivity index (χ3n) is 4.45. The van der Waals surface area contributed by atoms with Crippen LogP contribution in [0.15, 0.2) is 64.3 Å². The van der Waals surface area contributed by atoms with Crippen LogP contribution in [0.2, 0.25) is 0 Å². The average Bonchev–Trinajstić information content (AvgIpc) is 3.40. The summed E-state index contributed by atoms with van der Waals surface area (Å²) in [6, 6.07) is 11.8. The molecule has 0 spiro atoms. The van der Waals surface area contributed by atoms with E-state index in [9.17, 15) is 8.42 Å². The largest absolute Gasteiger partial charge is 0.471 e. The first-order valence-corrected chi connectivity index (χ1v) is 10.9. The monoisotopic (exact) mass is 440 g/mol. The molecule has 160 valence electrons. The van der Waals surface area contributed by atoms with Crippen LogP contribution in [0, 0.1) is 0 Å². The first kappa shape index (κ1) is 20.7. The van der Waals surface area contributed by atoms with Crippen molar-refractivity contribution in [3.63, 3.8) is 0 Å². The zero-order valence-electron chi connectivity index (χ0n) is 16.9. The van der Waals surface area contributed by atoms with E-state index in [-0.39, 0.29) is 23.2 Å². The molecule has 3 aromatic heterocycles. The lowest BCUT2D eigenvalue weighted by Gasteiger charge is -2.06. The van der Waals surface area contributed by atoms with Gasteiger partial charge in [0.05, 0.1) is 22.3 Å². The third-order valence-corrected chi connectivity index (χ3v) is 5.99. The molecule has 0 radical (unpaired) electrons. The van der Waals surface area contributed by atoms with Gasteiger partial charge in [0.2, 0.25) is 21.7 Å². The maximum atomic E-state index is 12.3. The molecule has 0 bridgehead atoms. The number of nitrogens with one attached hydrogen (secondary N) is 1. The van der Waals surface area contributed by atoms with E-state index in [2.05, 4.69) is 24.9 Å². The molecule has 0 saturated heterocycles. The molecule has 0 fully saturated rings. The van der Waals surface area contributed by atoms with E-state index in [0.29, 0.717) is 23.6 Å². The van der Waals surface area contributed by atoms with E-state index in [1.165, 1.54) is 12.1 Å². The van der Waals surface area contributed by atoms with Crippen molar-refractivity contribution in [2.24, 2.45) is 7.05 Å². The van der Waals surface area contributed by atoms with Crippen LogP contribution in [-0.4, -0.2) is 39.9 Å². The lowest BCUT2D eigenvalue weighted by Crippen LogP contribution is -2.23. The van der Waals surface area contributed by atoms with Gasteiger partial charge in [0, 0.05) is 31.4 Å². The van der Waals surface area contributed by atoms with Gasteiger partial charge in [0.15, 0.2) is 0 Å². The smallest absolute Gasteiger partial charge is 0.261 e. The van der Waals surface area contributed by atoms with Crippen molar-refractivity contribution in [2.75, 3.05) is 6.54 Å². The van der Waals surface area contributed by atoms with Crippen LogP contribution >= 0.6 is 0 Å². The van der Waals surface area contributed by atoms with Gasteiger partial charge in [-0.3, -0.25) is 4.68 Å². The van der Waals surface area contributed by atoms with Crippen LogP contribution < -0.4 is 9.46 Å². The lowest BCUT2D eigenvalue weighted by atomic mass is 10.2. The number of nitrogens with zero attached hydrogens (tertiary/aromatic N) is 5. The molecule has 0 atom stereocenters. The predicted molar refractivity (Wildman–Crippen MR) is 111 cm³/mol. The van der Waals surface area contributed by atoms with Gasteiger partial charge in [-0.1, -0.05) is 30.3 Å². The fourth-order valence-corrected chi connectivity index (χ4v) is 4.00. The number of aryl methyl sites for hydroxylation is 1. The second-order valence-corrected chi connectivity index (χ2v) is 8.30. The predicted octanol–water partition coefficient (Wildman–Crippen LogP) is 2.41. The normalized spacial score (nSPS) is 11.5. The summed E-state index contributed by atoms with van der Waals surface area (Å²) in [4.78, 5) is 8.70. The molecule has 0 saturated carbocycles. The zero-order valence-corrected chi connectivity index (χ0v) is 17.7. The Balaban J connectivity index is 1.60. The molecule has 0 aliphatic carbocycles. The van der Waals surface area contributed by atoms with Gasteiger partial charge in [-0.25, -0.2) is 18.1 Å². The van der Waals surface area contributed by atoms with E-state index in [4.69, 9.17) is 9.26 Å². The summed E-state index contributed by atoms with van der Waals surface area (Å²) in [5.41, 5.74) is 1.86. The minimum Gasteiger partial charge on any atom is -0.471 e. The Kier molecular flexibility index (Phi) is 5.78. The standard InChI is InChI=1S/C20H20N6O4S/c1-3-23-31(27,28)15-8-6-7-14(11-15)19-24-20(30-25-19)16-12-22-26(2)17(16)13-29-18-9-4-5-10-21-18/h4-12,23H,3,13H2,1-2H3. The second kappa shape index (κ2) is 8.66. The Morgan fingerprint density at radius 2 is 2.06 bits per heavy atom. The molecule has 10 nitrogen and oxygen atoms in total. The number of rotatable bonds is 8. The first-order chi connectivity index (χ1) is 15.0. The van der Waals surface area contributed by atoms with Gasteiger partial charge in [-0.05, 0) is 18.2 Å². The van der Waals surface area contributed by atoms with Crippen LogP contribution in [0.5, 0.6) is 5.88 Å². The number of pyridine rings is 1. The Morgan fingerprint density at radius 1 is 1.19 bits per heavy atom. The van der Waals surface area contributed by atoms with Crippen molar-refractivity contribution >= 4 is 10.0 Å². The highest BCUT2D eigenvalue weighted by molar-refractivity contribution is 7.89. The fraction of sp³-hybridized carbons (Fsp3) is 0.200. The Hall–Kier alpha value is -3.57. The van der Waals surface area contributed by atoms with Crippen LogP contribution in [0.4, 0.5) is 0 Å². The van der Waals surface area contributed by atoms with Gasteiger partial charge in [-0.2, -0.15) is 10.1 Å². The minimum atomic E-state index is -3.60. The van der Waals surface area contributed by atoms with Crippen molar-refractivity contribution in [2.45, 2.75) is 18.4 Å². The molecule has 31 heavy (non-hydrogen) atoms. The van der Waals surface area contributed by atoms with Crippen molar-refractivity contribution in [1.82, 2.24) is 29.6 Å². The highest BCUT2D eigenvalue weighted by atomic mass is 32.2. The molecule has 0 unspecified atom stereocenters. The maximum Gasteiger partial charge on any atom is 0.261 e. The summed E-state index contributed by atoms with van der Waals surface area (Å²) in [5, 5.41) is 8.26. The molecule has 1 aromatic carbocycles. The van der Waals surface area contributed by atoms with Crippen molar-refractivity contribution in [1.29, 1.82) is 0 Å². The zero-order chi connectivity index (χ0) is 21.8. The Bertz CT molecular complexity index is 1280. The van der Waals surface area contributed by atoms with Gasteiger partial charge in [0.25, 0.3) is 5.89 Å². The minimum absolute atomic E-state index is 0.129. The molecule has 0 aliphatic heterocycles. The summed E-state index contributed by atoms with van der Waals surface area (Å²) in [7, 11) is -1.81. The SMILES string of the molecule is CCNS(=O)(=O)c1cccc(-c2noc(-c3cnn(C)c3COc3ccccn3)n2)c1. The molecular weight excluding hydrogens is 420 g/mol. The van der Waals surface area contributed by atoms with Gasteiger partial charge >= 0.3 is 0 Å². The van der Waals surface area contributed by atoms with Crippen molar-refractivity contribution in [3.05, 3.63) is 60.6 Å².